The lowest BCUT2D eigenvalue weighted by Gasteiger charge is -2.05. The molecule has 2 aromatic carbocycles. The molecule has 0 aliphatic rings. The Bertz CT molecular complexity index is 810. The number of aliphatic hydroxyl groups excluding tert-OH is 1. The number of carbonyl (C=O) groups excluding carboxylic acids is 1. The van der Waals surface area contributed by atoms with Gasteiger partial charge in [0.25, 0.3) is 5.69 Å². The first kappa shape index (κ1) is 17.8. The van der Waals surface area contributed by atoms with E-state index in [-0.39, 0.29) is 23.8 Å². The lowest BCUT2D eigenvalue weighted by molar-refractivity contribution is -0.384. The van der Waals surface area contributed by atoms with E-state index in [1.807, 2.05) is 6.07 Å². The quantitative estimate of drug-likeness (QED) is 0.211. The van der Waals surface area contributed by atoms with Crippen LogP contribution in [0.2, 0.25) is 0 Å². The van der Waals surface area contributed by atoms with E-state index in [4.69, 9.17) is 4.74 Å². The van der Waals surface area contributed by atoms with Crippen LogP contribution in [0.25, 0.3) is 0 Å². The van der Waals surface area contributed by atoms with Crippen LogP contribution < -0.4 is 0 Å². The Balaban J connectivity index is 2.02. The number of hydrogen-bond acceptors (Lipinski definition) is 7. The molecule has 2 aromatic rings. The summed E-state index contributed by atoms with van der Waals surface area (Å²) < 4.78 is 5.06. The van der Waals surface area contributed by atoms with Crippen molar-refractivity contribution in [1.82, 2.24) is 0 Å². The van der Waals surface area contributed by atoms with Crippen molar-refractivity contribution in [3.63, 3.8) is 0 Å². The second-order valence-electron chi connectivity index (χ2n) is 4.97. The number of ether oxygens (including phenoxy) is 1. The molecule has 0 aliphatic carbocycles. The molecule has 8 heteroatoms. The molecule has 0 amide bonds. The number of nitro groups is 1. The summed E-state index contributed by atoms with van der Waals surface area (Å²) in [6.45, 7) is 1.18. The van der Waals surface area contributed by atoms with Gasteiger partial charge in [-0.05, 0) is 36.8 Å². The lowest BCUT2D eigenvalue weighted by Crippen LogP contribution is -2.08. The van der Waals surface area contributed by atoms with E-state index in [0.717, 1.165) is 0 Å². The summed E-state index contributed by atoms with van der Waals surface area (Å²) in [5.74, 6) is -1.17. The van der Waals surface area contributed by atoms with Crippen molar-refractivity contribution in [3.05, 3.63) is 81.7 Å². The molecule has 8 nitrogen and oxygen atoms in total. The van der Waals surface area contributed by atoms with E-state index in [9.17, 15) is 20.0 Å². The number of aliphatic hydroxyl groups is 1. The summed E-state index contributed by atoms with van der Waals surface area (Å²) in [5.41, 5.74) is 0.711. The summed E-state index contributed by atoms with van der Waals surface area (Å²) in [5, 5.41) is 27.8. The molecule has 0 atom stereocenters. The molecule has 0 aliphatic heterocycles. The van der Waals surface area contributed by atoms with E-state index in [1.165, 1.54) is 31.2 Å². The minimum absolute atomic E-state index is 0.0569. The van der Waals surface area contributed by atoms with Gasteiger partial charge in [-0.25, -0.2) is 4.79 Å². The maximum atomic E-state index is 12.1. The van der Waals surface area contributed by atoms with Crippen molar-refractivity contribution in [1.29, 1.82) is 0 Å². The van der Waals surface area contributed by atoms with E-state index in [2.05, 4.69) is 10.2 Å². The smallest absolute Gasteiger partial charge is 0.362 e. The number of rotatable bonds is 6. The highest BCUT2D eigenvalue weighted by molar-refractivity contribution is 5.88. The number of azo groups is 1. The molecule has 0 radical (unpaired) electrons. The van der Waals surface area contributed by atoms with Gasteiger partial charge in [0.1, 0.15) is 12.4 Å². The van der Waals surface area contributed by atoms with Gasteiger partial charge >= 0.3 is 5.97 Å². The van der Waals surface area contributed by atoms with Crippen LogP contribution in [0.4, 0.5) is 11.4 Å². The van der Waals surface area contributed by atoms with Gasteiger partial charge in [0, 0.05) is 12.1 Å². The fourth-order valence-electron chi connectivity index (χ4n) is 1.79. The van der Waals surface area contributed by atoms with Crippen LogP contribution in [0, 0.1) is 10.1 Å². The van der Waals surface area contributed by atoms with E-state index >= 15 is 0 Å². The van der Waals surface area contributed by atoms with Gasteiger partial charge in [-0.2, -0.15) is 5.11 Å². The Hall–Kier alpha value is -3.55. The molecular formula is C17H15N3O5. The van der Waals surface area contributed by atoms with Crippen molar-refractivity contribution >= 4 is 17.3 Å². The second kappa shape index (κ2) is 8.34. The molecule has 25 heavy (non-hydrogen) atoms. The third kappa shape index (κ3) is 5.24. The highest BCUT2D eigenvalue weighted by atomic mass is 16.6. The van der Waals surface area contributed by atoms with Gasteiger partial charge in [-0.1, -0.05) is 18.2 Å². The standard InChI is InChI=1S/C17H15N3O5/c1-12(21)16(19-18-14-5-3-2-4-6-14)17(22)25-11-13-7-9-15(10-8-13)20(23)24/h2-10,21H,11H2,1H3/b16-12+,19-18?. The van der Waals surface area contributed by atoms with E-state index in [1.54, 1.807) is 24.3 Å². The molecule has 0 fully saturated rings. The van der Waals surface area contributed by atoms with Crippen molar-refractivity contribution in [3.8, 4) is 0 Å². The monoisotopic (exact) mass is 341 g/mol. The minimum Gasteiger partial charge on any atom is -0.510 e. The maximum absolute atomic E-state index is 12.1. The average molecular weight is 341 g/mol. The van der Waals surface area contributed by atoms with E-state index in [0.29, 0.717) is 11.3 Å². The minimum atomic E-state index is -0.849. The molecule has 0 saturated carbocycles. The molecule has 1 N–H and O–H groups in total. The number of esters is 1. The first-order valence-electron chi connectivity index (χ1n) is 7.24. The SMILES string of the molecule is C/C(O)=C(\N=Nc1ccccc1)C(=O)OCc1ccc([N+](=O)[O-])cc1. The van der Waals surface area contributed by atoms with Crippen LogP contribution in [0.5, 0.6) is 0 Å². The maximum Gasteiger partial charge on any atom is 0.362 e. The predicted molar refractivity (Wildman–Crippen MR) is 89.2 cm³/mol. The largest absolute Gasteiger partial charge is 0.510 e. The number of carbonyl (C=O) groups is 1. The number of nitrogens with zero attached hydrogens (tertiary/aromatic N) is 3. The number of nitro benzene ring substituents is 1. The molecule has 0 heterocycles. The van der Waals surface area contributed by atoms with Gasteiger partial charge in [-0.3, -0.25) is 10.1 Å². The van der Waals surface area contributed by atoms with Crippen LogP contribution in [0.15, 0.2) is 76.3 Å². The summed E-state index contributed by atoms with van der Waals surface area (Å²) in [6.07, 6.45) is 0. The third-order valence-corrected chi connectivity index (χ3v) is 3.07. The molecule has 128 valence electrons. The number of non-ortho nitro benzene ring substituents is 1. The number of benzene rings is 2. The fraction of sp³-hybridized carbons (Fsp3) is 0.118. The second-order valence-corrected chi connectivity index (χ2v) is 4.97. The molecule has 0 spiro atoms. The summed E-state index contributed by atoms with van der Waals surface area (Å²) in [7, 11) is 0. The van der Waals surface area contributed by atoms with Gasteiger partial charge in [0.15, 0.2) is 0 Å². The molecule has 0 aromatic heterocycles. The zero-order valence-corrected chi connectivity index (χ0v) is 13.3. The van der Waals surface area contributed by atoms with Crippen molar-refractivity contribution in [2.75, 3.05) is 0 Å². The highest BCUT2D eigenvalue weighted by Gasteiger charge is 2.15. The Labute approximate surface area is 143 Å². The summed E-state index contributed by atoms with van der Waals surface area (Å²) >= 11 is 0. The molecule has 0 bridgehead atoms. The number of hydrogen-bond donors (Lipinski definition) is 1. The van der Waals surface area contributed by atoms with Gasteiger partial charge in [0.2, 0.25) is 5.70 Å². The summed E-state index contributed by atoms with van der Waals surface area (Å²) in [6, 6.07) is 14.3. The van der Waals surface area contributed by atoms with Gasteiger partial charge in [-0.15, -0.1) is 5.11 Å². The highest BCUT2D eigenvalue weighted by Crippen LogP contribution is 2.16. The summed E-state index contributed by atoms with van der Waals surface area (Å²) in [4.78, 5) is 22.1. The van der Waals surface area contributed by atoms with Gasteiger partial charge in [0.05, 0.1) is 10.6 Å². The van der Waals surface area contributed by atoms with Crippen LogP contribution >= 0.6 is 0 Å². The van der Waals surface area contributed by atoms with Crippen molar-refractivity contribution in [2.24, 2.45) is 10.2 Å². The van der Waals surface area contributed by atoms with E-state index < -0.39 is 10.9 Å². The lowest BCUT2D eigenvalue weighted by atomic mass is 10.2. The predicted octanol–water partition coefficient (Wildman–Crippen LogP) is 4.21. The topological polar surface area (TPSA) is 114 Å². The zero-order valence-electron chi connectivity index (χ0n) is 13.3. The van der Waals surface area contributed by atoms with Gasteiger partial charge < -0.3 is 9.84 Å². The van der Waals surface area contributed by atoms with Crippen LogP contribution in [0.1, 0.15) is 12.5 Å². The van der Waals surface area contributed by atoms with Crippen LogP contribution in [-0.2, 0) is 16.1 Å². The Morgan fingerprint density at radius 3 is 2.36 bits per heavy atom. The molecular weight excluding hydrogens is 326 g/mol. The first-order chi connectivity index (χ1) is 12.0. The third-order valence-electron chi connectivity index (χ3n) is 3.07. The van der Waals surface area contributed by atoms with Crippen LogP contribution in [0.3, 0.4) is 0 Å². The fourth-order valence-corrected chi connectivity index (χ4v) is 1.79. The van der Waals surface area contributed by atoms with Crippen molar-refractivity contribution < 1.29 is 19.6 Å². The molecule has 2 rings (SSSR count). The Morgan fingerprint density at radius 1 is 1.16 bits per heavy atom. The Morgan fingerprint density at radius 2 is 1.80 bits per heavy atom. The van der Waals surface area contributed by atoms with Crippen LogP contribution in [-0.4, -0.2) is 16.0 Å². The molecule has 0 unspecified atom stereocenters. The Kier molecular flexibility index (Phi) is 5.94. The number of allylic oxidation sites excluding steroid dienone is 1. The average Bonchev–Trinajstić information content (AvgIpc) is 2.61. The zero-order chi connectivity index (χ0) is 18.2. The van der Waals surface area contributed by atoms with Crippen molar-refractivity contribution in [2.45, 2.75) is 13.5 Å². The normalized spacial score (nSPS) is 11.9. The first-order valence-corrected chi connectivity index (χ1v) is 7.24. The molecule has 0 saturated heterocycles.